The van der Waals surface area contributed by atoms with Crippen LogP contribution < -0.4 is 11.1 Å². The molecule has 6 heteroatoms. The molecule has 0 fully saturated rings. The highest BCUT2D eigenvalue weighted by molar-refractivity contribution is 5.49. The van der Waals surface area contributed by atoms with Crippen LogP contribution in [0.1, 0.15) is 11.3 Å². The first-order valence-electron chi connectivity index (χ1n) is 5.57. The minimum atomic E-state index is -4.35. The Morgan fingerprint density at radius 1 is 1.16 bits per heavy atom. The lowest BCUT2D eigenvalue weighted by Gasteiger charge is -2.11. The Hall–Kier alpha value is -2.24. The topological polar surface area (TPSA) is 50.9 Å². The second kappa shape index (κ2) is 5.17. The molecule has 0 spiro atoms. The van der Waals surface area contributed by atoms with E-state index in [0.717, 1.165) is 12.1 Å². The minimum absolute atomic E-state index is 0.272. The summed E-state index contributed by atoms with van der Waals surface area (Å²) < 4.78 is 37.6. The maximum Gasteiger partial charge on any atom is 0.416 e. The fraction of sp³-hybridized carbons (Fsp3) is 0.154. The van der Waals surface area contributed by atoms with E-state index < -0.39 is 11.7 Å². The molecule has 0 unspecified atom stereocenters. The van der Waals surface area contributed by atoms with Crippen LogP contribution in [0.3, 0.4) is 0 Å². The number of aromatic nitrogens is 1. The van der Waals surface area contributed by atoms with Gasteiger partial charge in [0, 0.05) is 11.9 Å². The van der Waals surface area contributed by atoms with Crippen molar-refractivity contribution in [2.75, 3.05) is 11.1 Å². The summed E-state index contributed by atoms with van der Waals surface area (Å²) in [5.74, 6) is 0. The van der Waals surface area contributed by atoms with E-state index in [1.54, 1.807) is 24.4 Å². The van der Waals surface area contributed by atoms with Crippen molar-refractivity contribution < 1.29 is 13.2 Å². The van der Waals surface area contributed by atoms with Gasteiger partial charge >= 0.3 is 6.18 Å². The Morgan fingerprint density at radius 3 is 2.63 bits per heavy atom. The van der Waals surface area contributed by atoms with Crippen molar-refractivity contribution in [2.45, 2.75) is 12.7 Å². The molecule has 0 amide bonds. The SMILES string of the molecule is Nc1cccnc1CNc1cccc(C(F)(F)F)c1. The van der Waals surface area contributed by atoms with Gasteiger partial charge in [-0.1, -0.05) is 6.07 Å². The lowest BCUT2D eigenvalue weighted by atomic mass is 10.2. The summed E-state index contributed by atoms with van der Waals surface area (Å²) in [5, 5.41) is 2.87. The summed E-state index contributed by atoms with van der Waals surface area (Å²) in [5.41, 5.74) is 6.49. The van der Waals surface area contributed by atoms with Crippen molar-refractivity contribution in [2.24, 2.45) is 0 Å². The summed E-state index contributed by atoms with van der Waals surface area (Å²) in [4.78, 5) is 4.05. The standard InChI is InChI=1S/C13H12F3N3/c14-13(15,16)9-3-1-4-10(7-9)19-8-12-11(17)5-2-6-18-12/h1-7,19H,8,17H2. The third-order valence-electron chi connectivity index (χ3n) is 2.58. The van der Waals surface area contributed by atoms with Crippen LogP contribution in [-0.4, -0.2) is 4.98 Å². The largest absolute Gasteiger partial charge is 0.416 e. The zero-order chi connectivity index (χ0) is 13.9. The third kappa shape index (κ3) is 3.37. The minimum Gasteiger partial charge on any atom is -0.397 e. The number of hydrogen-bond acceptors (Lipinski definition) is 3. The highest BCUT2D eigenvalue weighted by Crippen LogP contribution is 2.30. The van der Waals surface area contributed by atoms with Gasteiger partial charge in [-0.25, -0.2) is 0 Å². The first-order chi connectivity index (χ1) is 8.97. The molecule has 0 aliphatic heterocycles. The number of nitrogens with one attached hydrogen (secondary N) is 1. The van der Waals surface area contributed by atoms with Gasteiger partial charge in [-0.3, -0.25) is 4.98 Å². The van der Waals surface area contributed by atoms with Gasteiger partial charge in [0.15, 0.2) is 0 Å². The van der Waals surface area contributed by atoms with E-state index in [-0.39, 0.29) is 6.54 Å². The maximum atomic E-state index is 12.5. The van der Waals surface area contributed by atoms with E-state index in [1.165, 1.54) is 6.07 Å². The smallest absolute Gasteiger partial charge is 0.397 e. The van der Waals surface area contributed by atoms with Gasteiger partial charge in [0.1, 0.15) is 0 Å². The summed E-state index contributed by atoms with van der Waals surface area (Å²) >= 11 is 0. The highest BCUT2D eigenvalue weighted by Gasteiger charge is 2.30. The number of benzene rings is 1. The average molecular weight is 267 g/mol. The van der Waals surface area contributed by atoms with Crippen LogP contribution >= 0.6 is 0 Å². The summed E-state index contributed by atoms with van der Waals surface area (Å²) in [6, 6.07) is 8.39. The van der Waals surface area contributed by atoms with Crippen LogP contribution in [0.15, 0.2) is 42.6 Å². The number of anilines is 2. The first kappa shape index (κ1) is 13.2. The van der Waals surface area contributed by atoms with E-state index in [9.17, 15) is 13.2 Å². The molecule has 3 N–H and O–H groups in total. The summed E-state index contributed by atoms with van der Waals surface area (Å²) in [6.45, 7) is 0.272. The summed E-state index contributed by atoms with van der Waals surface area (Å²) in [7, 11) is 0. The Labute approximate surface area is 108 Å². The third-order valence-corrected chi connectivity index (χ3v) is 2.58. The van der Waals surface area contributed by atoms with Crippen LogP contribution in [0.2, 0.25) is 0 Å². The zero-order valence-corrected chi connectivity index (χ0v) is 9.91. The Morgan fingerprint density at radius 2 is 1.95 bits per heavy atom. The molecule has 0 radical (unpaired) electrons. The summed E-state index contributed by atoms with van der Waals surface area (Å²) in [6.07, 6.45) is -2.76. The number of nitrogen functional groups attached to an aromatic ring is 1. The Bertz CT molecular complexity index is 567. The molecule has 0 aliphatic carbocycles. The lowest BCUT2D eigenvalue weighted by Crippen LogP contribution is -2.08. The normalized spacial score (nSPS) is 11.3. The Kier molecular flexibility index (Phi) is 3.59. The van der Waals surface area contributed by atoms with Crippen LogP contribution in [0, 0.1) is 0 Å². The van der Waals surface area contributed by atoms with Crippen LogP contribution in [-0.2, 0) is 12.7 Å². The number of rotatable bonds is 3. The van der Waals surface area contributed by atoms with Gasteiger partial charge in [-0.2, -0.15) is 13.2 Å². The number of pyridine rings is 1. The van der Waals surface area contributed by atoms with Gasteiger partial charge in [0.2, 0.25) is 0 Å². The van der Waals surface area contributed by atoms with E-state index in [2.05, 4.69) is 10.3 Å². The second-order valence-electron chi connectivity index (χ2n) is 3.97. The number of nitrogens with two attached hydrogens (primary N) is 1. The van der Waals surface area contributed by atoms with Gasteiger partial charge in [-0.05, 0) is 30.3 Å². The quantitative estimate of drug-likeness (QED) is 0.897. The molecule has 1 heterocycles. The van der Waals surface area contributed by atoms with Crippen molar-refractivity contribution in [1.82, 2.24) is 4.98 Å². The monoisotopic (exact) mass is 267 g/mol. The molecule has 2 rings (SSSR count). The van der Waals surface area contributed by atoms with Gasteiger partial charge in [0.05, 0.1) is 23.5 Å². The molecule has 0 saturated carbocycles. The number of hydrogen-bond donors (Lipinski definition) is 2. The Balaban J connectivity index is 2.10. The molecule has 1 aromatic carbocycles. The molecule has 0 saturated heterocycles. The van der Waals surface area contributed by atoms with Crippen molar-refractivity contribution in [1.29, 1.82) is 0 Å². The second-order valence-corrected chi connectivity index (χ2v) is 3.97. The highest BCUT2D eigenvalue weighted by atomic mass is 19.4. The van der Waals surface area contributed by atoms with Gasteiger partial charge < -0.3 is 11.1 Å². The number of nitrogens with zero attached hydrogens (tertiary/aromatic N) is 1. The van der Waals surface area contributed by atoms with Crippen molar-refractivity contribution in [3.05, 3.63) is 53.9 Å². The maximum absolute atomic E-state index is 12.5. The fourth-order valence-electron chi connectivity index (χ4n) is 1.59. The average Bonchev–Trinajstić information content (AvgIpc) is 2.37. The first-order valence-corrected chi connectivity index (χ1v) is 5.57. The molecule has 0 bridgehead atoms. The molecule has 100 valence electrons. The van der Waals surface area contributed by atoms with E-state index >= 15 is 0 Å². The molecular formula is C13H12F3N3. The lowest BCUT2D eigenvalue weighted by molar-refractivity contribution is -0.137. The molecule has 3 nitrogen and oxygen atoms in total. The zero-order valence-electron chi connectivity index (χ0n) is 9.91. The van der Waals surface area contributed by atoms with Crippen molar-refractivity contribution >= 4 is 11.4 Å². The molecule has 1 aromatic heterocycles. The van der Waals surface area contributed by atoms with E-state index in [4.69, 9.17) is 5.73 Å². The number of halogens is 3. The predicted molar refractivity (Wildman–Crippen MR) is 67.4 cm³/mol. The van der Waals surface area contributed by atoms with Crippen molar-refractivity contribution in [3.8, 4) is 0 Å². The predicted octanol–water partition coefficient (Wildman–Crippen LogP) is 3.29. The van der Waals surface area contributed by atoms with Crippen molar-refractivity contribution in [3.63, 3.8) is 0 Å². The van der Waals surface area contributed by atoms with Gasteiger partial charge in [-0.15, -0.1) is 0 Å². The molecule has 2 aromatic rings. The molecular weight excluding hydrogens is 255 g/mol. The molecule has 0 aliphatic rings. The van der Waals surface area contributed by atoms with E-state index in [0.29, 0.717) is 17.1 Å². The van der Waals surface area contributed by atoms with Crippen LogP contribution in [0.25, 0.3) is 0 Å². The van der Waals surface area contributed by atoms with Crippen LogP contribution in [0.4, 0.5) is 24.5 Å². The van der Waals surface area contributed by atoms with Gasteiger partial charge in [0.25, 0.3) is 0 Å². The fourth-order valence-corrected chi connectivity index (χ4v) is 1.59. The number of alkyl halides is 3. The molecule has 0 atom stereocenters. The molecule has 19 heavy (non-hydrogen) atoms. The van der Waals surface area contributed by atoms with Crippen LogP contribution in [0.5, 0.6) is 0 Å². The van der Waals surface area contributed by atoms with E-state index in [1.807, 2.05) is 0 Å².